The number of aryl methyl sites for hydroxylation is 1. The van der Waals surface area contributed by atoms with Crippen LogP contribution in [0.1, 0.15) is 62.0 Å². The Kier molecular flexibility index (Phi) is 9.08. The van der Waals surface area contributed by atoms with E-state index in [1.165, 1.54) is 6.07 Å². The van der Waals surface area contributed by atoms with E-state index in [2.05, 4.69) is 4.98 Å². The Morgan fingerprint density at radius 2 is 1.85 bits per heavy atom. The molecule has 0 aliphatic rings. The summed E-state index contributed by atoms with van der Waals surface area (Å²) < 4.78 is 16.5. The second-order valence-electron chi connectivity index (χ2n) is 8.97. The first-order chi connectivity index (χ1) is 15.5. The number of aromatic nitrogens is 1. The SMILES string of the molecule is COc1ccc(CN(C(=O)OC(C)(C)C)C(C)CCCOc2ncc(C)cc2C(=O)O)cc1. The number of carboxylic acid groups (broad SMARTS) is 1. The summed E-state index contributed by atoms with van der Waals surface area (Å²) in [5.41, 5.74) is 1.14. The molecule has 0 saturated heterocycles. The molecule has 0 bridgehead atoms. The molecular weight excluding hydrogens is 424 g/mol. The molecule has 0 spiro atoms. The van der Waals surface area contributed by atoms with Gasteiger partial charge in [0.1, 0.15) is 16.9 Å². The number of hydrogen-bond acceptors (Lipinski definition) is 6. The Balaban J connectivity index is 2.02. The summed E-state index contributed by atoms with van der Waals surface area (Å²) in [6, 6.07) is 8.96. The number of pyridine rings is 1. The minimum Gasteiger partial charge on any atom is -0.497 e. The van der Waals surface area contributed by atoms with Gasteiger partial charge in [-0.2, -0.15) is 0 Å². The van der Waals surface area contributed by atoms with Gasteiger partial charge in [0, 0.05) is 18.8 Å². The molecule has 1 atom stereocenters. The van der Waals surface area contributed by atoms with E-state index in [4.69, 9.17) is 14.2 Å². The van der Waals surface area contributed by atoms with Crippen LogP contribution in [0.5, 0.6) is 11.6 Å². The number of benzene rings is 1. The van der Waals surface area contributed by atoms with E-state index >= 15 is 0 Å². The largest absolute Gasteiger partial charge is 0.497 e. The van der Waals surface area contributed by atoms with Crippen LogP contribution in [-0.4, -0.2) is 52.4 Å². The number of nitrogens with zero attached hydrogens (tertiary/aromatic N) is 2. The highest BCUT2D eigenvalue weighted by Gasteiger charge is 2.26. The first-order valence-corrected chi connectivity index (χ1v) is 11.0. The van der Waals surface area contributed by atoms with Crippen molar-refractivity contribution in [2.45, 2.75) is 65.6 Å². The van der Waals surface area contributed by atoms with Crippen molar-refractivity contribution < 1.29 is 28.9 Å². The predicted octanol–water partition coefficient (Wildman–Crippen LogP) is 5.08. The molecule has 1 heterocycles. The van der Waals surface area contributed by atoms with Gasteiger partial charge in [0.15, 0.2) is 0 Å². The number of ether oxygens (including phenoxy) is 3. The second-order valence-corrected chi connectivity index (χ2v) is 8.97. The molecule has 1 amide bonds. The monoisotopic (exact) mass is 458 g/mol. The van der Waals surface area contributed by atoms with Crippen molar-refractivity contribution in [1.29, 1.82) is 0 Å². The van der Waals surface area contributed by atoms with Gasteiger partial charge in [-0.1, -0.05) is 12.1 Å². The van der Waals surface area contributed by atoms with Gasteiger partial charge in [-0.15, -0.1) is 0 Å². The first-order valence-electron chi connectivity index (χ1n) is 11.0. The van der Waals surface area contributed by atoms with Crippen LogP contribution in [0.25, 0.3) is 0 Å². The first kappa shape index (κ1) is 26.0. The molecule has 0 radical (unpaired) electrons. The summed E-state index contributed by atoms with van der Waals surface area (Å²) in [5.74, 6) is -0.230. The van der Waals surface area contributed by atoms with Crippen molar-refractivity contribution in [1.82, 2.24) is 9.88 Å². The van der Waals surface area contributed by atoms with Crippen molar-refractivity contribution in [3.05, 3.63) is 53.2 Å². The second kappa shape index (κ2) is 11.5. The number of aromatic carboxylic acids is 1. The molecule has 1 unspecified atom stereocenters. The third-order valence-electron chi connectivity index (χ3n) is 4.90. The number of amides is 1. The van der Waals surface area contributed by atoms with E-state index in [0.717, 1.165) is 16.9 Å². The van der Waals surface area contributed by atoms with Gasteiger partial charge in [-0.05, 0) is 76.8 Å². The molecule has 0 saturated carbocycles. The van der Waals surface area contributed by atoms with Gasteiger partial charge >= 0.3 is 12.1 Å². The minimum absolute atomic E-state index is 0.0398. The number of carbonyl (C=O) groups is 2. The fourth-order valence-corrected chi connectivity index (χ4v) is 3.18. The maximum Gasteiger partial charge on any atom is 0.410 e. The fraction of sp³-hybridized carbons (Fsp3) is 0.480. The van der Waals surface area contributed by atoms with E-state index < -0.39 is 11.6 Å². The summed E-state index contributed by atoms with van der Waals surface area (Å²) >= 11 is 0. The summed E-state index contributed by atoms with van der Waals surface area (Å²) in [6.45, 7) is 9.92. The van der Waals surface area contributed by atoms with Crippen LogP contribution < -0.4 is 9.47 Å². The van der Waals surface area contributed by atoms with E-state index in [-0.39, 0.29) is 30.2 Å². The lowest BCUT2D eigenvalue weighted by atomic mass is 10.1. The normalized spacial score (nSPS) is 12.1. The third-order valence-corrected chi connectivity index (χ3v) is 4.90. The predicted molar refractivity (Wildman–Crippen MR) is 125 cm³/mol. The molecule has 2 aromatic rings. The lowest BCUT2D eigenvalue weighted by Gasteiger charge is -2.32. The topological polar surface area (TPSA) is 98.2 Å². The number of hydrogen-bond donors (Lipinski definition) is 1. The van der Waals surface area contributed by atoms with Crippen molar-refractivity contribution in [2.24, 2.45) is 0 Å². The van der Waals surface area contributed by atoms with Crippen LogP contribution >= 0.6 is 0 Å². The minimum atomic E-state index is -1.08. The number of carbonyl (C=O) groups excluding carboxylic acids is 1. The average Bonchev–Trinajstić information content (AvgIpc) is 2.74. The number of rotatable bonds is 10. The molecule has 8 heteroatoms. The molecule has 180 valence electrons. The van der Waals surface area contributed by atoms with Gasteiger partial charge < -0.3 is 24.2 Å². The molecule has 1 aromatic carbocycles. The number of carboxylic acids is 1. The van der Waals surface area contributed by atoms with Crippen LogP contribution in [0.2, 0.25) is 0 Å². The molecule has 2 rings (SSSR count). The zero-order valence-corrected chi connectivity index (χ0v) is 20.3. The Hall–Kier alpha value is -3.29. The van der Waals surface area contributed by atoms with Crippen LogP contribution in [0.15, 0.2) is 36.5 Å². The Morgan fingerprint density at radius 1 is 1.18 bits per heavy atom. The Morgan fingerprint density at radius 3 is 2.42 bits per heavy atom. The highest BCUT2D eigenvalue weighted by Crippen LogP contribution is 2.21. The van der Waals surface area contributed by atoms with Crippen LogP contribution in [-0.2, 0) is 11.3 Å². The lowest BCUT2D eigenvalue weighted by Crippen LogP contribution is -2.41. The van der Waals surface area contributed by atoms with Gasteiger partial charge in [0.05, 0.1) is 13.7 Å². The maximum atomic E-state index is 12.9. The van der Waals surface area contributed by atoms with Crippen LogP contribution in [0.4, 0.5) is 4.79 Å². The molecule has 1 aromatic heterocycles. The van der Waals surface area contributed by atoms with Crippen LogP contribution in [0, 0.1) is 6.92 Å². The summed E-state index contributed by atoms with van der Waals surface area (Å²) in [4.78, 5) is 30.1. The molecule has 33 heavy (non-hydrogen) atoms. The summed E-state index contributed by atoms with van der Waals surface area (Å²) in [7, 11) is 1.61. The highest BCUT2D eigenvalue weighted by atomic mass is 16.6. The smallest absolute Gasteiger partial charge is 0.410 e. The zero-order chi connectivity index (χ0) is 24.6. The Labute approximate surface area is 195 Å². The van der Waals surface area contributed by atoms with Gasteiger partial charge in [-0.3, -0.25) is 0 Å². The maximum absolute atomic E-state index is 12.9. The standard InChI is InChI=1S/C25H34N2O6/c1-17-14-21(23(28)29)22(26-15-17)32-13-7-8-18(2)27(24(30)33-25(3,4)5)16-19-9-11-20(31-6)12-10-19/h9-12,14-15,18H,7-8,13,16H2,1-6H3,(H,28,29). The highest BCUT2D eigenvalue weighted by molar-refractivity contribution is 5.90. The zero-order valence-electron chi connectivity index (χ0n) is 20.3. The Bertz CT molecular complexity index is 937. The average molecular weight is 459 g/mol. The fourth-order valence-electron chi connectivity index (χ4n) is 3.18. The molecular formula is C25H34N2O6. The molecule has 1 N–H and O–H groups in total. The summed E-state index contributed by atoms with van der Waals surface area (Å²) in [5, 5.41) is 9.35. The van der Waals surface area contributed by atoms with Gasteiger partial charge in [0.25, 0.3) is 0 Å². The van der Waals surface area contributed by atoms with E-state index in [1.54, 1.807) is 25.1 Å². The molecule has 0 aliphatic heterocycles. The van der Waals surface area contributed by atoms with E-state index in [0.29, 0.717) is 19.4 Å². The molecule has 0 fully saturated rings. The third kappa shape index (κ3) is 8.29. The van der Waals surface area contributed by atoms with Crippen molar-refractivity contribution >= 4 is 12.1 Å². The number of methoxy groups -OCH3 is 1. The molecule has 8 nitrogen and oxygen atoms in total. The van der Waals surface area contributed by atoms with Crippen molar-refractivity contribution in [3.8, 4) is 11.6 Å². The van der Waals surface area contributed by atoms with E-state index in [9.17, 15) is 14.7 Å². The summed E-state index contributed by atoms with van der Waals surface area (Å²) in [6.07, 6.45) is 2.44. The quantitative estimate of drug-likeness (QED) is 0.496. The van der Waals surface area contributed by atoms with Gasteiger partial charge in [-0.25, -0.2) is 14.6 Å². The van der Waals surface area contributed by atoms with Crippen molar-refractivity contribution in [2.75, 3.05) is 13.7 Å². The van der Waals surface area contributed by atoms with Crippen molar-refractivity contribution in [3.63, 3.8) is 0 Å². The molecule has 0 aliphatic carbocycles. The lowest BCUT2D eigenvalue weighted by molar-refractivity contribution is 0.0142. The van der Waals surface area contributed by atoms with Crippen LogP contribution in [0.3, 0.4) is 0 Å². The van der Waals surface area contributed by atoms with E-state index in [1.807, 2.05) is 52.0 Å². The van der Waals surface area contributed by atoms with Gasteiger partial charge in [0.2, 0.25) is 5.88 Å².